The number of likely N-dealkylation sites (tertiary alicyclic amines) is 1. The summed E-state index contributed by atoms with van der Waals surface area (Å²) in [7, 11) is -4.31. The molecule has 1 unspecified atom stereocenters. The van der Waals surface area contributed by atoms with Crippen molar-refractivity contribution in [2.45, 2.75) is 17.9 Å². The van der Waals surface area contributed by atoms with Gasteiger partial charge in [0.2, 0.25) is 11.8 Å². The van der Waals surface area contributed by atoms with Crippen LogP contribution in [0.15, 0.2) is 53.4 Å². The molecule has 1 aliphatic rings. The van der Waals surface area contributed by atoms with Gasteiger partial charge < -0.3 is 10.6 Å². The number of anilines is 1. The molecule has 1 saturated heterocycles. The average Bonchev–Trinajstić information content (AvgIpc) is 3.03. The molecule has 2 aromatic carbocycles. The molecule has 0 spiro atoms. The molecule has 0 bridgehead atoms. The van der Waals surface area contributed by atoms with Gasteiger partial charge in [0, 0.05) is 13.1 Å². The van der Waals surface area contributed by atoms with E-state index < -0.39 is 27.8 Å². The lowest BCUT2D eigenvalue weighted by molar-refractivity contribution is -0.137. The van der Waals surface area contributed by atoms with Gasteiger partial charge in [-0.2, -0.15) is 5.26 Å². The van der Waals surface area contributed by atoms with Gasteiger partial charge in [-0.05, 0) is 30.2 Å². The molecule has 0 radical (unpaired) electrons. The molecule has 1 fully saturated rings. The quantitative estimate of drug-likeness (QED) is 0.570. The van der Waals surface area contributed by atoms with Crippen molar-refractivity contribution in [1.29, 1.82) is 5.26 Å². The molecule has 2 aromatic rings. The number of rotatable bonds is 5. The third-order valence-electron chi connectivity index (χ3n) is 4.50. The van der Waals surface area contributed by atoms with E-state index >= 15 is 0 Å². The van der Waals surface area contributed by atoms with E-state index in [1.54, 1.807) is 0 Å². The fourth-order valence-corrected chi connectivity index (χ4v) is 4.22. The fourth-order valence-electron chi connectivity index (χ4n) is 3.04. The Morgan fingerprint density at radius 3 is 2.64 bits per heavy atom. The van der Waals surface area contributed by atoms with Crippen LogP contribution in [0.2, 0.25) is 0 Å². The molecule has 9 heteroatoms. The van der Waals surface area contributed by atoms with Gasteiger partial charge >= 0.3 is 0 Å². The van der Waals surface area contributed by atoms with E-state index in [0.29, 0.717) is 13.1 Å². The molecule has 1 heterocycles. The number of carbonyl (C=O) groups excluding carboxylic acids is 2. The molecule has 0 aromatic heterocycles. The normalized spacial score (nSPS) is 16.6. The van der Waals surface area contributed by atoms with E-state index in [4.69, 9.17) is 11.0 Å². The fraction of sp³-hybridized carbons (Fsp3) is 0.211. The van der Waals surface area contributed by atoms with Crippen LogP contribution in [0.25, 0.3) is 0 Å². The zero-order valence-electron chi connectivity index (χ0n) is 14.8. The van der Waals surface area contributed by atoms with Gasteiger partial charge in [-0.1, -0.05) is 30.3 Å². The number of hydrogen-bond acceptors (Lipinski definition) is 6. The van der Waals surface area contributed by atoms with Crippen molar-refractivity contribution in [2.75, 3.05) is 12.3 Å². The maximum atomic E-state index is 12.5. The predicted molar refractivity (Wildman–Crippen MR) is 101 cm³/mol. The SMILES string of the molecule is N#Cc1ccc(N)c(S(=O)(=O)NC(=O)C2CCN(Cc3ccccc3)C2=O)c1. The molecule has 2 amide bonds. The Bertz CT molecular complexity index is 1060. The van der Waals surface area contributed by atoms with Crippen LogP contribution in [0.4, 0.5) is 5.69 Å². The minimum atomic E-state index is -4.31. The molecule has 144 valence electrons. The summed E-state index contributed by atoms with van der Waals surface area (Å²) in [5.74, 6) is -2.41. The van der Waals surface area contributed by atoms with Gasteiger partial charge in [-0.3, -0.25) is 9.59 Å². The molecular weight excluding hydrogens is 380 g/mol. The number of nitriles is 1. The average molecular weight is 398 g/mol. The monoisotopic (exact) mass is 398 g/mol. The van der Waals surface area contributed by atoms with Crippen LogP contribution in [0.5, 0.6) is 0 Å². The highest BCUT2D eigenvalue weighted by atomic mass is 32.2. The number of amides is 2. The number of nitrogens with zero attached hydrogens (tertiary/aromatic N) is 2. The third kappa shape index (κ3) is 3.97. The van der Waals surface area contributed by atoms with Crippen molar-refractivity contribution in [1.82, 2.24) is 9.62 Å². The molecular formula is C19H18N4O4S. The summed E-state index contributed by atoms with van der Waals surface area (Å²) in [6.07, 6.45) is 0.223. The van der Waals surface area contributed by atoms with E-state index in [1.165, 1.54) is 17.0 Å². The molecule has 1 aliphatic heterocycles. The number of carbonyl (C=O) groups is 2. The van der Waals surface area contributed by atoms with Crippen molar-refractivity contribution in [2.24, 2.45) is 5.92 Å². The topological polar surface area (TPSA) is 133 Å². The first-order valence-corrected chi connectivity index (χ1v) is 9.99. The first-order chi connectivity index (χ1) is 13.3. The smallest absolute Gasteiger partial charge is 0.266 e. The highest BCUT2D eigenvalue weighted by Gasteiger charge is 2.38. The van der Waals surface area contributed by atoms with Gasteiger partial charge in [-0.25, -0.2) is 13.1 Å². The summed E-state index contributed by atoms with van der Waals surface area (Å²) in [6.45, 7) is 0.714. The van der Waals surface area contributed by atoms with E-state index in [9.17, 15) is 18.0 Å². The van der Waals surface area contributed by atoms with E-state index in [0.717, 1.165) is 11.6 Å². The number of nitrogen functional groups attached to an aromatic ring is 1. The highest BCUT2D eigenvalue weighted by Crippen LogP contribution is 2.23. The van der Waals surface area contributed by atoms with Crippen molar-refractivity contribution in [3.8, 4) is 6.07 Å². The Balaban J connectivity index is 1.73. The molecule has 28 heavy (non-hydrogen) atoms. The zero-order chi connectivity index (χ0) is 20.3. The number of benzene rings is 2. The third-order valence-corrected chi connectivity index (χ3v) is 5.90. The number of nitrogens with one attached hydrogen (secondary N) is 1. The summed E-state index contributed by atoms with van der Waals surface area (Å²) >= 11 is 0. The lowest BCUT2D eigenvalue weighted by atomic mass is 10.1. The van der Waals surface area contributed by atoms with Crippen molar-refractivity contribution < 1.29 is 18.0 Å². The predicted octanol–water partition coefficient (Wildman–Crippen LogP) is 0.994. The minimum absolute atomic E-state index is 0.0907. The number of hydrogen-bond donors (Lipinski definition) is 2. The Labute approximate surface area is 162 Å². The summed E-state index contributed by atoms with van der Waals surface area (Å²) in [4.78, 5) is 26.2. The first kappa shape index (κ1) is 19.4. The molecule has 1 atom stereocenters. The Hall–Kier alpha value is -3.38. The van der Waals surface area contributed by atoms with Gasteiger partial charge in [-0.15, -0.1) is 0 Å². The summed E-state index contributed by atoms with van der Waals surface area (Å²) in [5, 5.41) is 8.93. The van der Waals surface area contributed by atoms with Gasteiger partial charge in [0.25, 0.3) is 10.0 Å². The molecule has 3 N–H and O–H groups in total. The number of nitrogens with two attached hydrogens (primary N) is 1. The first-order valence-electron chi connectivity index (χ1n) is 8.51. The minimum Gasteiger partial charge on any atom is -0.398 e. The van der Waals surface area contributed by atoms with Crippen LogP contribution in [-0.2, 0) is 26.2 Å². The molecule has 0 saturated carbocycles. The number of sulfonamides is 1. The van der Waals surface area contributed by atoms with Gasteiger partial charge in [0.1, 0.15) is 10.8 Å². The van der Waals surface area contributed by atoms with Crippen LogP contribution in [0.3, 0.4) is 0 Å². The van der Waals surface area contributed by atoms with Crippen molar-refractivity contribution in [3.63, 3.8) is 0 Å². The maximum absolute atomic E-state index is 12.5. The largest absolute Gasteiger partial charge is 0.398 e. The molecule has 0 aliphatic carbocycles. The summed E-state index contributed by atoms with van der Waals surface area (Å²) < 4.78 is 27.0. The highest BCUT2D eigenvalue weighted by molar-refractivity contribution is 7.90. The Morgan fingerprint density at radius 2 is 1.96 bits per heavy atom. The second-order valence-electron chi connectivity index (χ2n) is 6.42. The van der Waals surface area contributed by atoms with Crippen molar-refractivity contribution >= 4 is 27.5 Å². The summed E-state index contributed by atoms with van der Waals surface area (Å²) in [6, 6.07) is 14.9. The van der Waals surface area contributed by atoms with Crippen LogP contribution in [0, 0.1) is 17.2 Å². The lowest BCUT2D eigenvalue weighted by Gasteiger charge is -2.17. The van der Waals surface area contributed by atoms with Crippen LogP contribution in [-0.4, -0.2) is 31.7 Å². The Morgan fingerprint density at radius 1 is 1.25 bits per heavy atom. The zero-order valence-corrected chi connectivity index (χ0v) is 15.6. The second-order valence-corrected chi connectivity index (χ2v) is 8.07. The van der Waals surface area contributed by atoms with E-state index in [1.807, 2.05) is 41.1 Å². The van der Waals surface area contributed by atoms with Crippen LogP contribution >= 0.6 is 0 Å². The molecule has 3 rings (SSSR count). The Kier molecular flexibility index (Phi) is 5.33. The van der Waals surface area contributed by atoms with Crippen molar-refractivity contribution in [3.05, 3.63) is 59.7 Å². The standard InChI is InChI=1S/C19H18N4O4S/c20-11-14-6-7-16(21)17(10-14)28(26,27)22-18(24)15-8-9-23(19(15)25)12-13-4-2-1-3-5-13/h1-7,10,15H,8-9,12,21H2,(H,22,24). The van der Waals surface area contributed by atoms with Crippen LogP contribution in [0.1, 0.15) is 17.5 Å². The van der Waals surface area contributed by atoms with Crippen LogP contribution < -0.4 is 10.5 Å². The molecule has 8 nitrogen and oxygen atoms in total. The van der Waals surface area contributed by atoms with E-state index in [-0.39, 0.29) is 22.6 Å². The summed E-state index contributed by atoms with van der Waals surface area (Å²) in [5.41, 5.74) is 6.60. The van der Waals surface area contributed by atoms with Gasteiger partial charge in [0.15, 0.2) is 0 Å². The van der Waals surface area contributed by atoms with Gasteiger partial charge in [0.05, 0.1) is 17.3 Å². The second kappa shape index (κ2) is 7.70. The van der Waals surface area contributed by atoms with E-state index in [2.05, 4.69) is 0 Å². The maximum Gasteiger partial charge on any atom is 0.266 e. The lowest BCUT2D eigenvalue weighted by Crippen LogP contribution is -2.39.